The number of rotatable bonds is 5. The highest BCUT2D eigenvalue weighted by Gasteiger charge is 2.33. The second-order valence-electron chi connectivity index (χ2n) is 5.19. The topological polar surface area (TPSA) is 127 Å². The van der Waals surface area contributed by atoms with Gasteiger partial charge in [-0.3, -0.25) is 19.2 Å². The molecule has 138 valence electrons. The molecule has 2 aliphatic heterocycles. The third kappa shape index (κ3) is 5.98. The van der Waals surface area contributed by atoms with Crippen molar-refractivity contribution in [2.75, 3.05) is 0 Å². The summed E-state index contributed by atoms with van der Waals surface area (Å²) in [6.45, 7) is 3.41. The molecule has 2 fully saturated rings. The van der Waals surface area contributed by atoms with Crippen molar-refractivity contribution < 1.29 is 38.4 Å². The fraction of sp³-hybridized carbons (Fsp3) is 0.600. The molecule has 0 unspecified atom stereocenters. The highest BCUT2D eigenvalue weighted by molar-refractivity contribution is 6.02. The van der Waals surface area contributed by atoms with Crippen LogP contribution in [-0.4, -0.2) is 45.7 Å². The van der Waals surface area contributed by atoms with Crippen molar-refractivity contribution in [3.05, 3.63) is 0 Å². The molecule has 0 spiro atoms. The average molecular weight is 356 g/mol. The van der Waals surface area contributed by atoms with Crippen molar-refractivity contribution >= 4 is 35.6 Å². The number of hydrogen-bond donors (Lipinski definition) is 0. The Kier molecular flexibility index (Phi) is 7.70. The van der Waals surface area contributed by atoms with Crippen molar-refractivity contribution in [1.29, 1.82) is 0 Å². The molecule has 0 aliphatic carbocycles. The van der Waals surface area contributed by atoms with E-state index in [1.54, 1.807) is 6.92 Å². The number of amides is 4. The van der Waals surface area contributed by atoms with Gasteiger partial charge in [-0.2, -0.15) is 0 Å². The van der Waals surface area contributed by atoms with Crippen molar-refractivity contribution in [2.45, 2.75) is 58.8 Å². The first kappa shape index (κ1) is 20.3. The molecule has 0 saturated carbocycles. The monoisotopic (exact) mass is 356 g/mol. The average Bonchev–Trinajstić information content (AvgIpc) is 3.05. The molecule has 0 atom stereocenters. The minimum absolute atomic E-state index is 0.135. The summed E-state index contributed by atoms with van der Waals surface area (Å²) in [6, 6.07) is 0. The number of nitrogens with zero attached hydrogens (tertiary/aromatic N) is 2. The van der Waals surface area contributed by atoms with Crippen LogP contribution in [0, 0.1) is 0 Å². The van der Waals surface area contributed by atoms with Crippen LogP contribution in [0.5, 0.6) is 0 Å². The van der Waals surface area contributed by atoms with E-state index in [9.17, 15) is 28.8 Å². The van der Waals surface area contributed by atoms with Crippen LogP contribution in [0.4, 0.5) is 0 Å². The predicted octanol–water partition coefficient (Wildman–Crippen LogP) is 0.397. The first-order valence-electron chi connectivity index (χ1n) is 7.93. The van der Waals surface area contributed by atoms with E-state index in [0.717, 1.165) is 0 Å². The van der Waals surface area contributed by atoms with Gasteiger partial charge in [0, 0.05) is 38.5 Å². The van der Waals surface area contributed by atoms with Crippen molar-refractivity contribution in [2.24, 2.45) is 0 Å². The number of hydroxylamine groups is 4. The zero-order chi connectivity index (χ0) is 19.0. The van der Waals surface area contributed by atoms with Gasteiger partial charge in [-0.25, -0.2) is 9.59 Å². The Labute approximate surface area is 143 Å². The first-order chi connectivity index (χ1) is 11.8. The van der Waals surface area contributed by atoms with Crippen molar-refractivity contribution in [3.8, 4) is 0 Å². The van der Waals surface area contributed by atoms with E-state index in [0.29, 0.717) is 16.5 Å². The highest BCUT2D eigenvalue weighted by atomic mass is 16.7. The highest BCUT2D eigenvalue weighted by Crippen LogP contribution is 2.13. The lowest BCUT2D eigenvalue weighted by molar-refractivity contribution is -0.197. The molecular weight excluding hydrogens is 336 g/mol. The summed E-state index contributed by atoms with van der Waals surface area (Å²) in [4.78, 5) is 74.3. The van der Waals surface area contributed by atoms with Crippen molar-refractivity contribution in [1.82, 2.24) is 10.1 Å². The Balaban J connectivity index is 0.000000251. The molecule has 2 heterocycles. The Hall–Kier alpha value is -2.78. The number of carbonyl (C=O) groups excluding carboxylic acids is 6. The number of imide groups is 2. The molecule has 4 amide bonds. The molecule has 2 rings (SSSR count). The molecule has 10 nitrogen and oxygen atoms in total. The van der Waals surface area contributed by atoms with E-state index in [1.165, 1.54) is 0 Å². The summed E-state index contributed by atoms with van der Waals surface area (Å²) in [7, 11) is 0. The van der Waals surface area contributed by atoms with Gasteiger partial charge in [-0.15, -0.1) is 10.1 Å². The Morgan fingerprint density at radius 2 is 1.12 bits per heavy atom. The Morgan fingerprint density at radius 3 is 1.44 bits per heavy atom. The van der Waals surface area contributed by atoms with Crippen LogP contribution in [0.3, 0.4) is 0 Å². The van der Waals surface area contributed by atoms with Crippen molar-refractivity contribution in [3.63, 3.8) is 0 Å². The number of hydrogen-bond acceptors (Lipinski definition) is 8. The van der Waals surface area contributed by atoms with Crippen LogP contribution in [0.25, 0.3) is 0 Å². The zero-order valence-corrected chi connectivity index (χ0v) is 14.1. The van der Waals surface area contributed by atoms with E-state index < -0.39 is 35.6 Å². The van der Waals surface area contributed by atoms with Gasteiger partial charge in [0.25, 0.3) is 23.6 Å². The molecule has 0 radical (unpaired) electrons. The van der Waals surface area contributed by atoms with Crippen LogP contribution in [0.2, 0.25) is 0 Å². The van der Waals surface area contributed by atoms with Gasteiger partial charge in [-0.1, -0.05) is 13.8 Å². The lowest BCUT2D eigenvalue weighted by Crippen LogP contribution is -2.31. The molecule has 10 heteroatoms. The molecular formula is C15H20N2O8. The van der Waals surface area contributed by atoms with Gasteiger partial charge in [0.2, 0.25) is 0 Å². The lowest BCUT2D eigenvalue weighted by atomic mass is 10.3. The smallest absolute Gasteiger partial charge is 0.330 e. The van der Waals surface area contributed by atoms with E-state index in [1.807, 2.05) is 6.92 Å². The van der Waals surface area contributed by atoms with Crippen LogP contribution in [0.1, 0.15) is 58.8 Å². The normalized spacial score (nSPS) is 16.7. The quantitative estimate of drug-likeness (QED) is 0.648. The molecule has 2 aliphatic rings. The molecule has 0 aromatic carbocycles. The van der Waals surface area contributed by atoms with Crippen LogP contribution < -0.4 is 0 Å². The Morgan fingerprint density at radius 1 is 0.760 bits per heavy atom. The van der Waals surface area contributed by atoms with Crippen LogP contribution >= 0.6 is 0 Å². The van der Waals surface area contributed by atoms with E-state index >= 15 is 0 Å². The van der Waals surface area contributed by atoms with E-state index in [4.69, 9.17) is 0 Å². The van der Waals surface area contributed by atoms with Gasteiger partial charge < -0.3 is 9.68 Å². The fourth-order valence-corrected chi connectivity index (χ4v) is 1.83. The van der Waals surface area contributed by atoms with E-state index in [-0.39, 0.29) is 38.5 Å². The maximum absolute atomic E-state index is 11.0. The summed E-state index contributed by atoms with van der Waals surface area (Å²) in [6.07, 6.45) is 1.55. The molecule has 0 aromatic rings. The largest absolute Gasteiger partial charge is 0.333 e. The number of carbonyl (C=O) groups is 6. The summed E-state index contributed by atoms with van der Waals surface area (Å²) in [5.74, 6) is -2.86. The van der Waals surface area contributed by atoms with Gasteiger partial charge in [-0.05, 0) is 6.42 Å². The van der Waals surface area contributed by atoms with Gasteiger partial charge in [0.1, 0.15) is 0 Å². The second kappa shape index (κ2) is 9.50. The van der Waals surface area contributed by atoms with Gasteiger partial charge in [0.05, 0.1) is 0 Å². The molecule has 0 N–H and O–H groups in total. The summed E-state index contributed by atoms with van der Waals surface area (Å²) in [5.41, 5.74) is 0. The summed E-state index contributed by atoms with van der Waals surface area (Å²) >= 11 is 0. The SMILES string of the molecule is CCC(=O)ON1C(=O)CCC1=O.CCCC(=O)ON1C(=O)CCC1=O. The Bertz CT molecular complexity index is 554. The fourth-order valence-electron chi connectivity index (χ4n) is 1.83. The van der Waals surface area contributed by atoms with Crippen LogP contribution in [0.15, 0.2) is 0 Å². The maximum atomic E-state index is 11.0. The third-order valence-corrected chi connectivity index (χ3v) is 3.14. The molecule has 25 heavy (non-hydrogen) atoms. The first-order valence-corrected chi connectivity index (χ1v) is 7.93. The zero-order valence-electron chi connectivity index (χ0n) is 14.1. The summed E-state index contributed by atoms with van der Waals surface area (Å²) in [5, 5.41) is 1.11. The molecule has 2 saturated heterocycles. The minimum Gasteiger partial charge on any atom is -0.330 e. The molecule has 0 bridgehead atoms. The minimum atomic E-state index is -0.571. The van der Waals surface area contributed by atoms with Gasteiger partial charge >= 0.3 is 11.9 Å². The molecule has 0 aromatic heterocycles. The third-order valence-electron chi connectivity index (χ3n) is 3.14. The lowest BCUT2D eigenvalue weighted by Gasteiger charge is -2.11. The van der Waals surface area contributed by atoms with Crippen LogP contribution in [-0.2, 0) is 38.4 Å². The van der Waals surface area contributed by atoms with E-state index in [2.05, 4.69) is 9.68 Å². The van der Waals surface area contributed by atoms with Gasteiger partial charge in [0.15, 0.2) is 0 Å². The second-order valence-corrected chi connectivity index (χ2v) is 5.19. The standard InChI is InChI=1S/C8H11NO4.C7H9NO4/c1-2-3-8(12)13-9-6(10)4-5-7(9)11;1-2-7(11)12-8-5(9)3-4-6(8)10/h2-5H2,1H3;2-4H2,1H3. The predicted molar refractivity (Wildman–Crippen MR) is 79.6 cm³/mol. The summed E-state index contributed by atoms with van der Waals surface area (Å²) < 4.78 is 0. The maximum Gasteiger partial charge on any atom is 0.333 e.